The molecule has 134 valence electrons. The average molecular weight is 352 g/mol. The van der Waals surface area contributed by atoms with E-state index in [-0.39, 0.29) is 23.3 Å². The summed E-state index contributed by atoms with van der Waals surface area (Å²) < 4.78 is 0. The summed E-state index contributed by atoms with van der Waals surface area (Å²) in [5.41, 5.74) is 1.63. The Balaban J connectivity index is 1.51. The zero-order valence-electron chi connectivity index (χ0n) is 14.2. The maximum atomic E-state index is 12.2. The van der Waals surface area contributed by atoms with E-state index in [1.165, 1.54) is 24.3 Å². The van der Waals surface area contributed by atoms with Crippen molar-refractivity contribution in [3.8, 4) is 0 Å². The number of nitrogens with one attached hydrogen (secondary N) is 1. The van der Waals surface area contributed by atoms with Crippen molar-refractivity contribution in [3.05, 3.63) is 71.3 Å². The zero-order chi connectivity index (χ0) is 18.5. The number of aromatic carboxylic acids is 1. The molecule has 3 rings (SSSR count). The molecule has 26 heavy (non-hydrogen) atoms. The lowest BCUT2D eigenvalue weighted by Crippen LogP contribution is -2.31. The highest BCUT2D eigenvalue weighted by Gasteiger charge is 2.29. The maximum Gasteiger partial charge on any atom is 0.335 e. The van der Waals surface area contributed by atoms with Gasteiger partial charge in [-0.05, 0) is 29.8 Å². The Hall–Kier alpha value is -3.15. The van der Waals surface area contributed by atoms with Crippen LogP contribution in [-0.4, -0.2) is 40.9 Å². The Morgan fingerprint density at radius 2 is 1.69 bits per heavy atom. The fourth-order valence-electron chi connectivity index (χ4n) is 3.05. The summed E-state index contributed by atoms with van der Waals surface area (Å²) >= 11 is 0. The summed E-state index contributed by atoms with van der Waals surface area (Å²) in [6.45, 7) is 1.61. The van der Waals surface area contributed by atoms with Gasteiger partial charge in [0.05, 0.1) is 5.56 Å². The molecule has 0 radical (unpaired) electrons. The number of hydrogen-bond donors (Lipinski definition) is 2. The van der Waals surface area contributed by atoms with Crippen molar-refractivity contribution in [2.75, 3.05) is 13.1 Å². The number of likely N-dealkylation sites (tertiary alicyclic amines) is 1. The van der Waals surface area contributed by atoms with Crippen molar-refractivity contribution in [2.24, 2.45) is 5.92 Å². The molecule has 0 saturated carbocycles. The first-order valence-corrected chi connectivity index (χ1v) is 8.46. The molecular weight excluding hydrogens is 332 g/mol. The molecule has 1 aliphatic heterocycles. The highest BCUT2D eigenvalue weighted by molar-refractivity contribution is 5.95. The van der Waals surface area contributed by atoms with Gasteiger partial charge in [-0.1, -0.05) is 30.3 Å². The largest absolute Gasteiger partial charge is 0.478 e. The van der Waals surface area contributed by atoms with E-state index in [1.807, 2.05) is 35.2 Å². The fraction of sp³-hybridized carbons (Fsp3) is 0.250. The van der Waals surface area contributed by atoms with Crippen molar-refractivity contribution < 1.29 is 19.5 Å². The van der Waals surface area contributed by atoms with E-state index in [9.17, 15) is 14.4 Å². The van der Waals surface area contributed by atoms with E-state index in [4.69, 9.17) is 5.11 Å². The van der Waals surface area contributed by atoms with Crippen LogP contribution in [0.25, 0.3) is 0 Å². The van der Waals surface area contributed by atoms with Crippen LogP contribution in [0.1, 0.15) is 32.7 Å². The zero-order valence-corrected chi connectivity index (χ0v) is 14.2. The molecule has 0 spiro atoms. The number of benzene rings is 2. The lowest BCUT2D eigenvalue weighted by Gasteiger charge is -2.17. The van der Waals surface area contributed by atoms with Gasteiger partial charge in [0.2, 0.25) is 5.91 Å². The molecule has 1 aliphatic rings. The molecule has 2 N–H and O–H groups in total. The van der Waals surface area contributed by atoms with Crippen LogP contribution in [0.15, 0.2) is 54.6 Å². The number of carboxylic acid groups (broad SMARTS) is 1. The van der Waals surface area contributed by atoms with Crippen LogP contribution in [0.2, 0.25) is 0 Å². The van der Waals surface area contributed by atoms with E-state index in [1.54, 1.807) is 0 Å². The minimum atomic E-state index is -1.03. The number of rotatable bonds is 6. The second kappa shape index (κ2) is 7.82. The number of carboxylic acids is 1. The fourth-order valence-corrected chi connectivity index (χ4v) is 3.05. The number of amides is 2. The van der Waals surface area contributed by atoms with Crippen molar-refractivity contribution in [3.63, 3.8) is 0 Å². The molecule has 1 heterocycles. The topological polar surface area (TPSA) is 86.7 Å². The van der Waals surface area contributed by atoms with Gasteiger partial charge < -0.3 is 15.3 Å². The van der Waals surface area contributed by atoms with E-state index in [0.717, 1.165) is 5.56 Å². The highest BCUT2D eigenvalue weighted by Crippen LogP contribution is 2.19. The summed E-state index contributed by atoms with van der Waals surface area (Å²) in [6, 6.07) is 15.6. The lowest BCUT2D eigenvalue weighted by molar-refractivity contribution is -0.128. The average Bonchev–Trinajstić information content (AvgIpc) is 3.00. The standard InChI is InChI=1S/C20H20N2O4/c23-18-10-15(13-22(18)12-14-4-2-1-3-5-14)11-21-19(24)16-6-8-17(9-7-16)20(25)26/h1-9,15H,10-13H2,(H,21,24)(H,25,26). The Bertz CT molecular complexity index is 802. The maximum absolute atomic E-state index is 12.2. The summed E-state index contributed by atoms with van der Waals surface area (Å²) in [6.07, 6.45) is 0.422. The minimum absolute atomic E-state index is 0.0773. The van der Waals surface area contributed by atoms with E-state index in [0.29, 0.717) is 31.6 Å². The van der Waals surface area contributed by atoms with Crippen LogP contribution in [0, 0.1) is 5.92 Å². The first kappa shape index (κ1) is 17.7. The Kier molecular flexibility index (Phi) is 5.31. The van der Waals surface area contributed by atoms with Crippen molar-refractivity contribution in [2.45, 2.75) is 13.0 Å². The van der Waals surface area contributed by atoms with Gasteiger partial charge in [0, 0.05) is 37.5 Å². The van der Waals surface area contributed by atoms with Gasteiger partial charge in [0.15, 0.2) is 0 Å². The molecule has 0 aliphatic carbocycles. The summed E-state index contributed by atoms with van der Waals surface area (Å²) in [4.78, 5) is 37.0. The highest BCUT2D eigenvalue weighted by atomic mass is 16.4. The second-order valence-electron chi connectivity index (χ2n) is 6.42. The molecule has 2 aromatic carbocycles. The van der Waals surface area contributed by atoms with Crippen LogP contribution in [0.5, 0.6) is 0 Å². The number of carbonyl (C=O) groups is 3. The van der Waals surface area contributed by atoms with Crippen LogP contribution < -0.4 is 5.32 Å². The van der Waals surface area contributed by atoms with E-state index < -0.39 is 5.97 Å². The molecule has 2 amide bonds. The molecule has 0 aromatic heterocycles. The molecule has 1 fully saturated rings. The van der Waals surface area contributed by atoms with Crippen LogP contribution in [0.4, 0.5) is 0 Å². The predicted octanol–water partition coefficient (Wildman–Crippen LogP) is 2.16. The summed E-state index contributed by atoms with van der Waals surface area (Å²) in [5, 5.41) is 11.7. The minimum Gasteiger partial charge on any atom is -0.478 e. The van der Waals surface area contributed by atoms with Crippen molar-refractivity contribution >= 4 is 17.8 Å². The first-order chi connectivity index (χ1) is 12.5. The number of carbonyl (C=O) groups excluding carboxylic acids is 2. The first-order valence-electron chi connectivity index (χ1n) is 8.46. The Morgan fingerprint density at radius 1 is 1.04 bits per heavy atom. The normalized spacial score (nSPS) is 16.5. The monoisotopic (exact) mass is 352 g/mol. The third-order valence-corrected chi connectivity index (χ3v) is 4.46. The van der Waals surface area contributed by atoms with E-state index >= 15 is 0 Å². The molecule has 1 unspecified atom stereocenters. The van der Waals surface area contributed by atoms with Gasteiger partial charge in [-0.25, -0.2) is 4.79 Å². The predicted molar refractivity (Wildman–Crippen MR) is 95.7 cm³/mol. The molecule has 0 bridgehead atoms. The molecular formula is C20H20N2O4. The van der Waals surface area contributed by atoms with Crippen LogP contribution in [0.3, 0.4) is 0 Å². The third kappa shape index (κ3) is 4.27. The molecule has 2 aromatic rings. The molecule has 6 nitrogen and oxygen atoms in total. The second-order valence-corrected chi connectivity index (χ2v) is 6.42. The number of nitrogens with zero attached hydrogens (tertiary/aromatic N) is 1. The van der Waals surface area contributed by atoms with Gasteiger partial charge >= 0.3 is 5.97 Å². The molecule has 6 heteroatoms. The van der Waals surface area contributed by atoms with Gasteiger partial charge in [-0.3, -0.25) is 9.59 Å². The SMILES string of the molecule is O=C(O)c1ccc(C(=O)NCC2CC(=O)N(Cc3ccccc3)C2)cc1. The van der Waals surface area contributed by atoms with Crippen LogP contribution in [-0.2, 0) is 11.3 Å². The molecule has 1 atom stereocenters. The van der Waals surface area contributed by atoms with Crippen molar-refractivity contribution in [1.29, 1.82) is 0 Å². The summed E-state index contributed by atoms with van der Waals surface area (Å²) in [7, 11) is 0. The Morgan fingerprint density at radius 3 is 2.35 bits per heavy atom. The smallest absolute Gasteiger partial charge is 0.335 e. The number of hydrogen-bond acceptors (Lipinski definition) is 3. The van der Waals surface area contributed by atoms with Gasteiger partial charge in [0.25, 0.3) is 5.91 Å². The Labute approximate surface area is 151 Å². The lowest BCUT2D eigenvalue weighted by atomic mass is 10.1. The van der Waals surface area contributed by atoms with Crippen molar-refractivity contribution in [1.82, 2.24) is 10.2 Å². The third-order valence-electron chi connectivity index (χ3n) is 4.46. The van der Waals surface area contributed by atoms with Gasteiger partial charge in [0.1, 0.15) is 0 Å². The quantitative estimate of drug-likeness (QED) is 0.834. The summed E-state index contributed by atoms with van der Waals surface area (Å²) in [5.74, 6) is -1.12. The molecule has 1 saturated heterocycles. The van der Waals surface area contributed by atoms with Gasteiger partial charge in [-0.2, -0.15) is 0 Å². The van der Waals surface area contributed by atoms with Crippen LogP contribution >= 0.6 is 0 Å². The van der Waals surface area contributed by atoms with Gasteiger partial charge in [-0.15, -0.1) is 0 Å². The van der Waals surface area contributed by atoms with E-state index in [2.05, 4.69) is 5.32 Å².